The van der Waals surface area contributed by atoms with Crippen LogP contribution in [0.25, 0.3) is 0 Å². The molecule has 0 saturated heterocycles. The smallest absolute Gasteiger partial charge is 0.412 e. The van der Waals surface area contributed by atoms with E-state index < -0.39 is 23.7 Å². The summed E-state index contributed by atoms with van der Waals surface area (Å²) < 4.78 is 10.1. The Balaban J connectivity index is 1.93. The van der Waals surface area contributed by atoms with E-state index in [-0.39, 0.29) is 16.9 Å². The number of anilines is 4. The predicted octanol–water partition coefficient (Wildman–Crippen LogP) is 6.19. The van der Waals surface area contributed by atoms with Crippen LogP contribution in [0.3, 0.4) is 0 Å². The standard InChI is InChI=1S/C26H27N3O5/c1-26(2,3)34-25(32)28-20-16-18(23(30)33-4)15-19(17-20)27-24(31)29(21-11-7-5-8-12-21)22-13-9-6-10-14-22/h5-17H,1-4H3,(H,27,31)(H,28,32). The van der Waals surface area contributed by atoms with Gasteiger partial charge in [-0.2, -0.15) is 0 Å². The van der Waals surface area contributed by atoms with Crippen molar-refractivity contribution in [2.24, 2.45) is 0 Å². The van der Waals surface area contributed by atoms with Crippen LogP contribution >= 0.6 is 0 Å². The fourth-order valence-corrected chi connectivity index (χ4v) is 3.15. The van der Waals surface area contributed by atoms with Crippen LogP contribution in [0.1, 0.15) is 31.1 Å². The maximum atomic E-state index is 13.4. The molecule has 3 aromatic rings. The Hall–Kier alpha value is -4.33. The Bertz CT molecular complexity index is 1120. The van der Waals surface area contributed by atoms with Gasteiger partial charge in [0.1, 0.15) is 5.60 Å². The second-order valence-electron chi connectivity index (χ2n) is 8.35. The third kappa shape index (κ3) is 6.59. The van der Waals surface area contributed by atoms with Crippen molar-refractivity contribution in [3.05, 3.63) is 84.4 Å². The van der Waals surface area contributed by atoms with Gasteiger partial charge in [0, 0.05) is 11.4 Å². The van der Waals surface area contributed by atoms with Crippen molar-refractivity contribution >= 4 is 40.8 Å². The second-order valence-corrected chi connectivity index (χ2v) is 8.35. The molecule has 0 aromatic heterocycles. The van der Waals surface area contributed by atoms with Gasteiger partial charge in [0.15, 0.2) is 0 Å². The molecule has 2 N–H and O–H groups in total. The van der Waals surface area contributed by atoms with Crippen molar-refractivity contribution in [2.45, 2.75) is 26.4 Å². The molecule has 0 heterocycles. The van der Waals surface area contributed by atoms with Crippen LogP contribution in [-0.4, -0.2) is 30.8 Å². The molecule has 0 aliphatic carbocycles. The lowest BCUT2D eigenvalue weighted by atomic mass is 10.1. The second kappa shape index (κ2) is 10.5. The third-order valence-corrected chi connectivity index (χ3v) is 4.48. The molecule has 3 aromatic carbocycles. The zero-order valence-corrected chi connectivity index (χ0v) is 19.5. The van der Waals surface area contributed by atoms with Crippen molar-refractivity contribution in [3.8, 4) is 0 Å². The minimum Gasteiger partial charge on any atom is -0.465 e. The van der Waals surface area contributed by atoms with E-state index in [4.69, 9.17) is 9.47 Å². The molecule has 8 heteroatoms. The van der Waals surface area contributed by atoms with Gasteiger partial charge in [0.05, 0.1) is 24.0 Å². The number of ether oxygens (including phenoxy) is 2. The zero-order valence-electron chi connectivity index (χ0n) is 19.5. The van der Waals surface area contributed by atoms with Gasteiger partial charge in [-0.3, -0.25) is 10.2 Å². The quantitative estimate of drug-likeness (QED) is 0.442. The van der Waals surface area contributed by atoms with E-state index >= 15 is 0 Å². The summed E-state index contributed by atoms with van der Waals surface area (Å²) in [5.41, 5.74) is 1.31. The van der Waals surface area contributed by atoms with E-state index in [1.165, 1.54) is 30.2 Å². The van der Waals surface area contributed by atoms with E-state index in [1.54, 1.807) is 20.8 Å². The van der Waals surface area contributed by atoms with Crippen LogP contribution in [0.15, 0.2) is 78.9 Å². The molecule has 0 bridgehead atoms. The molecule has 0 saturated carbocycles. The minimum absolute atomic E-state index is 0.150. The number of amides is 3. The van der Waals surface area contributed by atoms with Crippen LogP contribution in [0, 0.1) is 0 Å². The number of benzene rings is 3. The molecule has 8 nitrogen and oxygen atoms in total. The van der Waals surface area contributed by atoms with E-state index in [2.05, 4.69) is 10.6 Å². The van der Waals surface area contributed by atoms with Crippen LogP contribution in [-0.2, 0) is 9.47 Å². The molecule has 0 aliphatic heterocycles. The number of urea groups is 1. The molecule has 0 aliphatic rings. The fraction of sp³-hybridized carbons (Fsp3) is 0.192. The van der Waals surface area contributed by atoms with E-state index in [0.29, 0.717) is 11.4 Å². The molecule has 0 atom stereocenters. The van der Waals surface area contributed by atoms with Gasteiger partial charge in [0.2, 0.25) is 0 Å². The van der Waals surface area contributed by atoms with Crippen molar-refractivity contribution in [2.75, 3.05) is 22.6 Å². The first kappa shape index (κ1) is 24.3. The number of nitrogens with one attached hydrogen (secondary N) is 2. The number of para-hydroxylation sites is 2. The van der Waals surface area contributed by atoms with Gasteiger partial charge in [-0.15, -0.1) is 0 Å². The van der Waals surface area contributed by atoms with Crippen LogP contribution in [0.4, 0.5) is 32.3 Å². The Kier molecular flexibility index (Phi) is 7.53. The zero-order chi connectivity index (χ0) is 24.7. The summed E-state index contributed by atoms with van der Waals surface area (Å²) in [6, 6.07) is 22.3. The number of hydrogen-bond acceptors (Lipinski definition) is 5. The maximum absolute atomic E-state index is 13.4. The normalized spacial score (nSPS) is 10.7. The van der Waals surface area contributed by atoms with E-state index in [9.17, 15) is 14.4 Å². The summed E-state index contributed by atoms with van der Waals surface area (Å²) in [6.45, 7) is 5.22. The monoisotopic (exact) mass is 461 g/mol. The van der Waals surface area contributed by atoms with Gasteiger partial charge in [-0.05, 0) is 63.2 Å². The van der Waals surface area contributed by atoms with Crippen LogP contribution in [0.2, 0.25) is 0 Å². The van der Waals surface area contributed by atoms with Crippen molar-refractivity contribution in [1.82, 2.24) is 0 Å². The molecular formula is C26H27N3O5. The topological polar surface area (TPSA) is 97.0 Å². The third-order valence-electron chi connectivity index (χ3n) is 4.48. The molecule has 0 radical (unpaired) electrons. The number of methoxy groups -OCH3 is 1. The summed E-state index contributed by atoms with van der Waals surface area (Å²) in [5.74, 6) is -0.619. The minimum atomic E-state index is -0.701. The Labute approximate surface area is 198 Å². The molecule has 34 heavy (non-hydrogen) atoms. The Morgan fingerprint density at radius 3 is 1.74 bits per heavy atom. The largest absolute Gasteiger partial charge is 0.465 e. The number of carbonyl (C=O) groups is 3. The van der Waals surface area contributed by atoms with Crippen molar-refractivity contribution in [1.29, 1.82) is 0 Å². The summed E-state index contributed by atoms with van der Waals surface area (Å²) in [4.78, 5) is 39.3. The summed E-state index contributed by atoms with van der Waals surface area (Å²) >= 11 is 0. The number of carbonyl (C=O) groups excluding carboxylic acids is 3. The van der Waals surface area contributed by atoms with Gasteiger partial charge in [-0.1, -0.05) is 36.4 Å². The highest BCUT2D eigenvalue weighted by Gasteiger charge is 2.21. The van der Waals surface area contributed by atoms with Crippen LogP contribution in [0.5, 0.6) is 0 Å². The fourth-order valence-electron chi connectivity index (χ4n) is 3.15. The highest BCUT2D eigenvalue weighted by atomic mass is 16.6. The van der Waals surface area contributed by atoms with E-state index in [0.717, 1.165) is 0 Å². The number of nitrogens with zero attached hydrogens (tertiary/aromatic N) is 1. The number of hydrogen-bond donors (Lipinski definition) is 2. The van der Waals surface area contributed by atoms with Crippen LogP contribution < -0.4 is 15.5 Å². The Morgan fingerprint density at radius 1 is 0.765 bits per heavy atom. The molecule has 3 amide bonds. The van der Waals surface area contributed by atoms with Gasteiger partial charge >= 0.3 is 18.1 Å². The van der Waals surface area contributed by atoms with Gasteiger partial charge < -0.3 is 14.8 Å². The molecule has 0 fully saturated rings. The highest BCUT2D eigenvalue weighted by Crippen LogP contribution is 2.27. The summed E-state index contributed by atoms with van der Waals surface area (Å²) in [6.07, 6.45) is -0.693. The lowest BCUT2D eigenvalue weighted by Gasteiger charge is -2.24. The molecule has 0 spiro atoms. The molecular weight excluding hydrogens is 434 g/mol. The predicted molar refractivity (Wildman–Crippen MR) is 132 cm³/mol. The van der Waals surface area contributed by atoms with E-state index in [1.807, 2.05) is 60.7 Å². The summed E-state index contributed by atoms with van der Waals surface area (Å²) in [7, 11) is 1.25. The average molecular weight is 462 g/mol. The SMILES string of the molecule is COC(=O)c1cc(NC(=O)OC(C)(C)C)cc(NC(=O)N(c2ccccc2)c2ccccc2)c1. The Morgan fingerprint density at radius 2 is 1.26 bits per heavy atom. The molecule has 0 unspecified atom stereocenters. The van der Waals surface area contributed by atoms with Crippen molar-refractivity contribution in [3.63, 3.8) is 0 Å². The summed E-state index contributed by atoms with van der Waals surface area (Å²) in [5, 5.41) is 5.40. The lowest BCUT2D eigenvalue weighted by Crippen LogP contribution is -2.31. The maximum Gasteiger partial charge on any atom is 0.412 e. The first-order chi connectivity index (χ1) is 16.2. The van der Waals surface area contributed by atoms with Gasteiger partial charge in [-0.25, -0.2) is 14.4 Å². The van der Waals surface area contributed by atoms with Gasteiger partial charge in [0.25, 0.3) is 0 Å². The first-order valence-corrected chi connectivity index (χ1v) is 10.6. The molecule has 3 rings (SSSR count). The van der Waals surface area contributed by atoms with Crippen molar-refractivity contribution < 1.29 is 23.9 Å². The number of esters is 1. The highest BCUT2D eigenvalue weighted by molar-refractivity contribution is 6.08. The average Bonchev–Trinajstić information content (AvgIpc) is 2.78. The molecule has 176 valence electrons. The lowest BCUT2D eigenvalue weighted by molar-refractivity contribution is 0.0596. The number of rotatable bonds is 5. The first-order valence-electron chi connectivity index (χ1n) is 10.6.